The van der Waals surface area contributed by atoms with Crippen LogP contribution < -0.4 is 20.1 Å². The van der Waals surface area contributed by atoms with Crippen LogP contribution in [0.1, 0.15) is 57.4 Å². The van der Waals surface area contributed by atoms with Crippen molar-refractivity contribution in [2.75, 3.05) is 20.3 Å². The maximum Gasteiger partial charge on any atom is 0.407 e. The van der Waals surface area contributed by atoms with Gasteiger partial charge in [-0.05, 0) is 31.7 Å². The van der Waals surface area contributed by atoms with Gasteiger partial charge in [-0.1, -0.05) is 68.3 Å². The van der Waals surface area contributed by atoms with E-state index in [0.29, 0.717) is 48.4 Å². The SMILES string of the molecule is C=C[C@@H]1C[C@]1(NC(=O)[C@@H]1C[C@H]2CN1C(=O)[C@H](CCCC)NC(=O)OCCCC=Cc1cc3c(cc(-c4ccccc4)nc3cc1OC)O2)C(=O)O. The van der Waals surface area contributed by atoms with Crippen molar-refractivity contribution in [3.05, 3.63) is 72.8 Å². The summed E-state index contributed by atoms with van der Waals surface area (Å²) in [5.41, 5.74) is 1.48. The number of aliphatic carboxylic acids is 1. The summed E-state index contributed by atoms with van der Waals surface area (Å²) >= 11 is 0. The van der Waals surface area contributed by atoms with E-state index in [1.165, 1.54) is 11.0 Å². The van der Waals surface area contributed by atoms with Gasteiger partial charge in [-0.2, -0.15) is 0 Å². The van der Waals surface area contributed by atoms with Crippen LogP contribution in [0.15, 0.2) is 67.3 Å². The molecule has 2 fully saturated rings. The average molecular weight is 697 g/mol. The molecule has 268 valence electrons. The number of carbonyl (C=O) groups is 4. The monoisotopic (exact) mass is 696 g/mol. The summed E-state index contributed by atoms with van der Waals surface area (Å²) in [7, 11) is 1.60. The van der Waals surface area contributed by atoms with E-state index in [1.807, 2.05) is 67.6 Å². The van der Waals surface area contributed by atoms with Gasteiger partial charge in [-0.25, -0.2) is 14.6 Å². The standard InChI is InChI=1S/C39H44N4O8/c1-4-6-16-29-36(45)43-23-27(19-32(43)35(44)42-39(37(46)47)22-26(39)5-2)51-34-20-30(24-13-9-7-10-14-24)40-31-21-33(49-3)25(18-28(31)34)15-11-8-12-17-50-38(48)41-29/h5,7,9-11,13-15,18,20-21,26-27,29,32H,2,4,6,8,12,16-17,19,22-23H2,1,3H3,(H,41,48)(H,42,44)(H,46,47)/t26-,27+,29+,32+,39-/m1/s1. The topological polar surface area (TPSA) is 156 Å². The summed E-state index contributed by atoms with van der Waals surface area (Å²) in [6.07, 6.45) is 7.28. The minimum absolute atomic E-state index is 0.0225. The van der Waals surface area contributed by atoms with Crippen LogP contribution in [0.3, 0.4) is 0 Å². The van der Waals surface area contributed by atoms with Crippen LogP contribution in [-0.4, -0.2) is 82.9 Å². The fourth-order valence-electron chi connectivity index (χ4n) is 6.90. The molecule has 3 N–H and O–H groups in total. The third-order valence-corrected chi connectivity index (χ3v) is 9.84. The van der Waals surface area contributed by atoms with Crippen molar-refractivity contribution in [3.8, 4) is 22.8 Å². The van der Waals surface area contributed by atoms with Crippen LogP contribution in [0, 0.1) is 5.92 Å². The van der Waals surface area contributed by atoms with Gasteiger partial charge in [-0.15, -0.1) is 6.58 Å². The summed E-state index contributed by atoms with van der Waals surface area (Å²) in [5, 5.41) is 16.2. The van der Waals surface area contributed by atoms with Gasteiger partial charge in [0.05, 0.1) is 31.5 Å². The molecule has 2 aromatic carbocycles. The van der Waals surface area contributed by atoms with Crippen molar-refractivity contribution >= 4 is 40.9 Å². The second-order valence-electron chi connectivity index (χ2n) is 13.3. The summed E-state index contributed by atoms with van der Waals surface area (Å²) in [5.74, 6) is -1.55. The van der Waals surface area contributed by atoms with Gasteiger partial charge in [0, 0.05) is 41.0 Å². The number of allylic oxidation sites excluding steroid dienone is 1. The molecule has 0 unspecified atom stereocenters. The third kappa shape index (κ3) is 7.54. The van der Waals surface area contributed by atoms with Crippen LogP contribution in [0.5, 0.6) is 11.5 Å². The molecule has 0 spiro atoms. The first-order valence-corrected chi connectivity index (χ1v) is 17.5. The van der Waals surface area contributed by atoms with Gasteiger partial charge in [0.15, 0.2) is 0 Å². The van der Waals surface area contributed by atoms with Crippen LogP contribution >= 0.6 is 0 Å². The van der Waals surface area contributed by atoms with E-state index in [9.17, 15) is 24.3 Å². The Labute approximate surface area is 296 Å². The zero-order valence-corrected chi connectivity index (χ0v) is 28.9. The molecule has 4 bridgehead atoms. The number of cyclic esters (lactones) is 1. The summed E-state index contributed by atoms with van der Waals surface area (Å²) < 4.78 is 17.9. The molecule has 3 aromatic rings. The van der Waals surface area contributed by atoms with E-state index in [-0.39, 0.29) is 26.0 Å². The van der Waals surface area contributed by atoms with Crippen molar-refractivity contribution in [3.63, 3.8) is 0 Å². The minimum Gasteiger partial charge on any atom is -0.496 e. The molecule has 5 atom stereocenters. The molecule has 3 heterocycles. The fourth-order valence-corrected chi connectivity index (χ4v) is 6.90. The second-order valence-corrected chi connectivity index (χ2v) is 13.3. The quantitative estimate of drug-likeness (QED) is 0.246. The number of carboxylic acids is 1. The number of methoxy groups -OCH3 is 1. The van der Waals surface area contributed by atoms with Crippen LogP contribution in [0.25, 0.3) is 28.2 Å². The number of rotatable bonds is 9. The fraction of sp³-hybridized carbons (Fsp3) is 0.410. The molecule has 51 heavy (non-hydrogen) atoms. The van der Waals surface area contributed by atoms with Gasteiger partial charge >= 0.3 is 12.1 Å². The van der Waals surface area contributed by atoms with Crippen molar-refractivity contribution in [2.45, 2.75) is 75.6 Å². The molecular weight excluding hydrogens is 652 g/mol. The second kappa shape index (κ2) is 15.2. The lowest BCUT2D eigenvalue weighted by Crippen LogP contribution is -2.56. The van der Waals surface area contributed by atoms with Crippen LogP contribution in [-0.2, 0) is 19.1 Å². The van der Waals surface area contributed by atoms with Gasteiger partial charge in [0.2, 0.25) is 11.8 Å². The first-order chi connectivity index (χ1) is 24.7. The number of ether oxygens (including phenoxy) is 3. The lowest BCUT2D eigenvalue weighted by Gasteiger charge is -2.29. The Balaban J connectivity index is 1.43. The number of nitrogens with one attached hydrogen (secondary N) is 2. The van der Waals surface area contributed by atoms with Crippen molar-refractivity contribution < 1.29 is 38.5 Å². The largest absolute Gasteiger partial charge is 0.496 e. The molecule has 6 rings (SSSR count). The Hall–Kier alpha value is -5.39. The number of amides is 3. The number of aromatic nitrogens is 1. The number of nitrogens with zero attached hydrogens (tertiary/aromatic N) is 2. The summed E-state index contributed by atoms with van der Waals surface area (Å²) in [6, 6.07) is 13.3. The first-order valence-electron chi connectivity index (χ1n) is 17.5. The highest BCUT2D eigenvalue weighted by atomic mass is 16.5. The number of hydrogen-bond donors (Lipinski definition) is 3. The Bertz CT molecular complexity index is 1850. The zero-order valence-electron chi connectivity index (χ0n) is 28.9. The molecule has 3 aliphatic rings. The predicted octanol–water partition coefficient (Wildman–Crippen LogP) is 5.50. The number of pyridine rings is 1. The Morgan fingerprint density at radius 3 is 2.73 bits per heavy atom. The number of fused-ring (bicyclic) bond motifs is 3. The Kier molecular flexibility index (Phi) is 10.6. The summed E-state index contributed by atoms with van der Waals surface area (Å²) in [4.78, 5) is 59.8. The summed E-state index contributed by atoms with van der Waals surface area (Å²) in [6.45, 7) is 5.86. The van der Waals surface area contributed by atoms with Gasteiger partial charge in [-0.3, -0.25) is 9.59 Å². The van der Waals surface area contributed by atoms with E-state index in [1.54, 1.807) is 7.11 Å². The number of carboxylic acid groups (broad SMARTS) is 1. The molecule has 12 heteroatoms. The molecule has 12 nitrogen and oxygen atoms in total. The molecule has 1 saturated carbocycles. The lowest BCUT2D eigenvalue weighted by atomic mass is 10.0. The van der Waals surface area contributed by atoms with Crippen LogP contribution in [0.2, 0.25) is 0 Å². The highest BCUT2D eigenvalue weighted by molar-refractivity contribution is 5.96. The zero-order chi connectivity index (χ0) is 36.1. The molecule has 1 saturated heterocycles. The number of benzene rings is 2. The Morgan fingerprint density at radius 2 is 2.02 bits per heavy atom. The predicted molar refractivity (Wildman–Crippen MR) is 191 cm³/mol. The third-order valence-electron chi connectivity index (χ3n) is 9.84. The molecule has 2 aliphatic heterocycles. The van der Waals surface area contributed by atoms with Crippen molar-refractivity contribution in [2.24, 2.45) is 5.92 Å². The van der Waals surface area contributed by atoms with E-state index in [0.717, 1.165) is 22.9 Å². The molecule has 1 aliphatic carbocycles. The van der Waals surface area contributed by atoms with E-state index in [2.05, 4.69) is 17.2 Å². The van der Waals surface area contributed by atoms with Gasteiger partial charge < -0.3 is 34.9 Å². The number of hydrogen-bond acceptors (Lipinski definition) is 8. The van der Waals surface area contributed by atoms with E-state index >= 15 is 0 Å². The van der Waals surface area contributed by atoms with Crippen molar-refractivity contribution in [1.29, 1.82) is 0 Å². The van der Waals surface area contributed by atoms with Crippen molar-refractivity contribution in [1.82, 2.24) is 20.5 Å². The molecule has 1 aromatic heterocycles. The minimum atomic E-state index is -1.49. The maximum atomic E-state index is 14.3. The first kappa shape index (κ1) is 35.4. The highest BCUT2D eigenvalue weighted by Gasteiger charge is 2.61. The molecular formula is C39H44N4O8. The lowest BCUT2D eigenvalue weighted by molar-refractivity contribution is -0.145. The maximum absolute atomic E-state index is 14.3. The number of unbranched alkanes of at least 4 members (excludes halogenated alkanes) is 1. The average Bonchev–Trinajstić information content (AvgIpc) is 3.70. The number of carbonyl (C=O) groups excluding carboxylic acids is 3. The van der Waals surface area contributed by atoms with Gasteiger partial charge in [0.25, 0.3) is 0 Å². The van der Waals surface area contributed by atoms with E-state index in [4.69, 9.17) is 19.2 Å². The molecule has 3 amide bonds. The Morgan fingerprint density at radius 1 is 1.22 bits per heavy atom. The number of alkyl carbamates (subject to hydrolysis) is 1. The molecule has 0 radical (unpaired) electrons. The van der Waals surface area contributed by atoms with Crippen LogP contribution in [0.4, 0.5) is 4.79 Å². The normalized spacial score (nSPS) is 24.9. The van der Waals surface area contributed by atoms with Gasteiger partial charge in [0.1, 0.15) is 35.2 Å². The van der Waals surface area contributed by atoms with E-state index < -0.39 is 53.5 Å². The smallest absolute Gasteiger partial charge is 0.407 e. The highest BCUT2D eigenvalue weighted by Crippen LogP contribution is 2.45.